The molecule has 3 nitrogen and oxygen atoms in total. The molecule has 0 aliphatic rings. The lowest BCUT2D eigenvalue weighted by Crippen LogP contribution is -2.17. The third-order valence-corrected chi connectivity index (χ3v) is 2.71. The zero-order valence-corrected chi connectivity index (χ0v) is 9.38. The van der Waals surface area contributed by atoms with E-state index in [9.17, 15) is 8.78 Å². The second-order valence-corrected chi connectivity index (χ2v) is 4.05. The summed E-state index contributed by atoms with van der Waals surface area (Å²) in [6, 6.07) is 2.30. The van der Waals surface area contributed by atoms with Crippen LogP contribution in [-0.2, 0) is 0 Å². The smallest absolute Gasteiger partial charge is 0.161 e. The molecule has 0 bridgehead atoms. The number of halogens is 2. The summed E-state index contributed by atoms with van der Waals surface area (Å²) in [5.41, 5.74) is 0.963. The minimum absolute atomic E-state index is 0.0681. The van der Waals surface area contributed by atoms with Gasteiger partial charge in [-0.1, -0.05) is 0 Å². The SMILES string of the molecule is CC(c1nc2cc(F)c(F)cc2[nH]1)N(C)C. The third-order valence-electron chi connectivity index (χ3n) is 2.71. The first-order chi connectivity index (χ1) is 7.49. The van der Waals surface area contributed by atoms with Gasteiger partial charge in [-0.15, -0.1) is 0 Å². The number of hydrogen-bond donors (Lipinski definition) is 1. The molecule has 1 aromatic carbocycles. The molecule has 2 aromatic rings. The van der Waals surface area contributed by atoms with Crippen LogP contribution in [0.4, 0.5) is 8.78 Å². The van der Waals surface area contributed by atoms with Gasteiger partial charge in [-0.05, 0) is 21.0 Å². The average Bonchev–Trinajstić information content (AvgIpc) is 2.60. The van der Waals surface area contributed by atoms with Gasteiger partial charge in [0.15, 0.2) is 11.6 Å². The number of rotatable bonds is 2. The minimum atomic E-state index is -0.872. The summed E-state index contributed by atoms with van der Waals surface area (Å²) in [6.07, 6.45) is 0. The number of aromatic amines is 1. The van der Waals surface area contributed by atoms with E-state index in [0.717, 1.165) is 12.1 Å². The lowest BCUT2D eigenvalue weighted by Gasteiger charge is -2.16. The molecule has 1 heterocycles. The van der Waals surface area contributed by atoms with E-state index in [1.54, 1.807) is 0 Å². The lowest BCUT2D eigenvalue weighted by molar-refractivity contribution is 0.310. The number of nitrogens with one attached hydrogen (secondary N) is 1. The van der Waals surface area contributed by atoms with Gasteiger partial charge in [0.2, 0.25) is 0 Å². The van der Waals surface area contributed by atoms with Crippen molar-refractivity contribution in [1.82, 2.24) is 14.9 Å². The second-order valence-electron chi connectivity index (χ2n) is 4.05. The number of hydrogen-bond acceptors (Lipinski definition) is 2. The first-order valence-electron chi connectivity index (χ1n) is 5.00. The minimum Gasteiger partial charge on any atom is -0.341 e. The molecule has 0 fully saturated rings. The summed E-state index contributed by atoms with van der Waals surface area (Å²) >= 11 is 0. The molecular weight excluding hydrogens is 212 g/mol. The van der Waals surface area contributed by atoms with Gasteiger partial charge in [0.05, 0.1) is 17.1 Å². The number of fused-ring (bicyclic) bond motifs is 1. The molecule has 0 saturated heterocycles. The highest BCUT2D eigenvalue weighted by molar-refractivity contribution is 5.75. The van der Waals surface area contributed by atoms with Crippen molar-refractivity contribution < 1.29 is 8.78 Å². The molecule has 1 unspecified atom stereocenters. The molecule has 0 aliphatic heterocycles. The first kappa shape index (κ1) is 11.0. The molecule has 2 rings (SSSR count). The van der Waals surface area contributed by atoms with Crippen LogP contribution in [0.5, 0.6) is 0 Å². The summed E-state index contributed by atoms with van der Waals surface area (Å²) in [5.74, 6) is -1.03. The zero-order chi connectivity index (χ0) is 11.9. The molecular formula is C11H13F2N3. The normalized spacial score (nSPS) is 13.6. The largest absolute Gasteiger partial charge is 0.341 e. The van der Waals surface area contributed by atoms with Crippen LogP contribution in [0.3, 0.4) is 0 Å². The standard InChI is InChI=1S/C11H13F2N3/c1-6(16(2)3)11-14-9-4-7(12)8(13)5-10(9)15-11/h4-6H,1-3H3,(H,14,15). The quantitative estimate of drug-likeness (QED) is 0.851. The van der Waals surface area contributed by atoms with Gasteiger partial charge in [0.1, 0.15) is 5.82 Å². The Bertz CT molecular complexity index is 480. The molecule has 1 atom stereocenters. The van der Waals surface area contributed by atoms with E-state index in [-0.39, 0.29) is 6.04 Å². The van der Waals surface area contributed by atoms with Gasteiger partial charge in [-0.2, -0.15) is 0 Å². The van der Waals surface area contributed by atoms with Crippen molar-refractivity contribution >= 4 is 11.0 Å². The summed E-state index contributed by atoms with van der Waals surface area (Å²) < 4.78 is 26.0. The number of nitrogens with zero attached hydrogens (tertiary/aromatic N) is 2. The van der Waals surface area contributed by atoms with E-state index in [1.807, 2.05) is 25.9 Å². The molecule has 0 amide bonds. The Kier molecular flexibility index (Phi) is 2.63. The fraction of sp³-hybridized carbons (Fsp3) is 0.364. The number of H-pyrrole nitrogens is 1. The molecule has 0 saturated carbocycles. The van der Waals surface area contributed by atoms with E-state index in [2.05, 4.69) is 9.97 Å². The predicted octanol–water partition coefficient (Wildman–Crippen LogP) is 2.46. The summed E-state index contributed by atoms with van der Waals surface area (Å²) in [6.45, 7) is 1.96. The number of imidazole rings is 1. The van der Waals surface area contributed by atoms with Crippen molar-refractivity contribution in [2.24, 2.45) is 0 Å². The van der Waals surface area contributed by atoms with E-state index in [0.29, 0.717) is 16.9 Å². The van der Waals surface area contributed by atoms with Gasteiger partial charge < -0.3 is 4.98 Å². The van der Waals surface area contributed by atoms with Gasteiger partial charge >= 0.3 is 0 Å². The van der Waals surface area contributed by atoms with Crippen molar-refractivity contribution in [3.63, 3.8) is 0 Å². The summed E-state index contributed by atoms with van der Waals surface area (Å²) in [4.78, 5) is 9.18. The van der Waals surface area contributed by atoms with Crippen LogP contribution in [0, 0.1) is 11.6 Å². The zero-order valence-electron chi connectivity index (χ0n) is 9.38. The molecule has 16 heavy (non-hydrogen) atoms. The predicted molar refractivity (Wildman–Crippen MR) is 58.1 cm³/mol. The Labute approximate surface area is 92.1 Å². The highest BCUT2D eigenvalue weighted by Crippen LogP contribution is 2.20. The van der Waals surface area contributed by atoms with E-state index < -0.39 is 11.6 Å². The maximum absolute atomic E-state index is 13.0. The Morgan fingerprint density at radius 2 is 1.88 bits per heavy atom. The van der Waals surface area contributed by atoms with Crippen LogP contribution in [0.15, 0.2) is 12.1 Å². The molecule has 5 heteroatoms. The fourth-order valence-corrected chi connectivity index (χ4v) is 1.47. The van der Waals surface area contributed by atoms with Crippen molar-refractivity contribution in [3.8, 4) is 0 Å². The van der Waals surface area contributed by atoms with Crippen molar-refractivity contribution in [2.75, 3.05) is 14.1 Å². The van der Waals surface area contributed by atoms with Crippen LogP contribution in [0.2, 0.25) is 0 Å². The van der Waals surface area contributed by atoms with E-state index in [4.69, 9.17) is 0 Å². The van der Waals surface area contributed by atoms with Crippen LogP contribution in [0.1, 0.15) is 18.8 Å². The number of benzene rings is 1. The summed E-state index contributed by atoms with van der Waals surface area (Å²) in [7, 11) is 3.83. The molecule has 86 valence electrons. The molecule has 1 aromatic heterocycles. The molecule has 1 N–H and O–H groups in total. The second kappa shape index (κ2) is 3.83. The topological polar surface area (TPSA) is 31.9 Å². The highest BCUT2D eigenvalue weighted by Gasteiger charge is 2.14. The van der Waals surface area contributed by atoms with Gasteiger partial charge in [0.25, 0.3) is 0 Å². The fourth-order valence-electron chi connectivity index (χ4n) is 1.47. The van der Waals surface area contributed by atoms with Gasteiger partial charge in [-0.3, -0.25) is 4.90 Å². The maximum atomic E-state index is 13.0. The van der Waals surface area contributed by atoms with Crippen LogP contribution >= 0.6 is 0 Å². The van der Waals surface area contributed by atoms with Gasteiger partial charge in [-0.25, -0.2) is 13.8 Å². The first-order valence-corrected chi connectivity index (χ1v) is 5.00. The molecule has 0 aliphatic carbocycles. The van der Waals surface area contributed by atoms with Crippen molar-refractivity contribution in [2.45, 2.75) is 13.0 Å². The van der Waals surface area contributed by atoms with E-state index in [1.165, 1.54) is 0 Å². The average molecular weight is 225 g/mol. The van der Waals surface area contributed by atoms with Crippen LogP contribution < -0.4 is 0 Å². The molecule has 0 spiro atoms. The Balaban J connectivity index is 2.52. The van der Waals surface area contributed by atoms with Crippen LogP contribution in [0.25, 0.3) is 11.0 Å². The number of aromatic nitrogens is 2. The van der Waals surface area contributed by atoms with Crippen LogP contribution in [-0.4, -0.2) is 29.0 Å². The Morgan fingerprint density at radius 3 is 2.50 bits per heavy atom. The van der Waals surface area contributed by atoms with E-state index >= 15 is 0 Å². The summed E-state index contributed by atoms with van der Waals surface area (Å²) in [5, 5.41) is 0. The third kappa shape index (κ3) is 1.78. The Hall–Kier alpha value is -1.49. The van der Waals surface area contributed by atoms with Crippen molar-refractivity contribution in [1.29, 1.82) is 0 Å². The monoisotopic (exact) mass is 225 g/mol. The highest BCUT2D eigenvalue weighted by atomic mass is 19.2. The molecule has 0 radical (unpaired) electrons. The van der Waals surface area contributed by atoms with Gasteiger partial charge in [0, 0.05) is 12.1 Å². The lowest BCUT2D eigenvalue weighted by atomic mass is 10.3. The Morgan fingerprint density at radius 1 is 1.25 bits per heavy atom. The maximum Gasteiger partial charge on any atom is 0.161 e. The van der Waals surface area contributed by atoms with Crippen molar-refractivity contribution in [3.05, 3.63) is 29.6 Å².